The third-order valence-corrected chi connectivity index (χ3v) is 3.44. The maximum absolute atomic E-state index is 6.02. The molecule has 0 aliphatic heterocycles. The Bertz CT molecular complexity index is 607. The molecule has 1 nitrogen and oxygen atoms in total. The van der Waals surface area contributed by atoms with Crippen molar-refractivity contribution in [3.05, 3.63) is 40.7 Å². The van der Waals surface area contributed by atoms with Gasteiger partial charge < -0.3 is 4.42 Å². The average Bonchev–Trinajstić information content (AvgIpc) is 2.58. The quantitative estimate of drug-likeness (QED) is 0.654. The van der Waals surface area contributed by atoms with Gasteiger partial charge in [-0.25, -0.2) is 0 Å². The van der Waals surface area contributed by atoms with E-state index in [1.165, 1.54) is 22.1 Å². The van der Waals surface area contributed by atoms with Gasteiger partial charge in [0.1, 0.15) is 11.3 Å². The van der Waals surface area contributed by atoms with Crippen molar-refractivity contribution < 1.29 is 4.42 Å². The Balaban J connectivity index is 2.88. The van der Waals surface area contributed by atoms with Gasteiger partial charge in [-0.1, -0.05) is 39.0 Å². The van der Waals surface area contributed by atoms with E-state index in [1.807, 2.05) is 19.1 Å². The smallest absolute Gasteiger partial charge is 0.138 e. The van der Waals surface area contributed by atoms with Gasteiger partial charge in [0.2, 0.25) is 0 Å². The van der Waals surface area contributed by atoms with Gasteiger partial charge in [-0.3, -0.25) is 0 Å². The summed E-state index contributed by atoms with van der Waals surface area (Å²) in [5.41, 5.74) is 4.98. The Morgan fingerprint density at radius 1 is 1.11 bits per heavy atom. The maximum Gasteiger partial charge on any atom is 0.138 e. The summed E-state index contributed by atoms with van der Waals surface area (Å²) in [6.45, 7) is 13.0. The lowest BCUT2D eigenvalue weighted by Gasteiger charge is -2.20. The van der Waals surface area contributed by atoms with Gasteiger partial charge in [-0.2, -0.15) is 0 Å². The summed E-state index contributed by atoms with van der Waals surface area (Å²) >= 11 is 0. The Hall–Kier alpha value is -1.50. The molecule has 1 heterocycles. The highest BCUT2D eigenvalue weighted by Gasteiger charge is 2.22. The van der Waals surface area contributed by atoms with Crippen LogP contribution in [0, 0.1) is 13.8 Å². The molecule has 1 aromatic carbocycles. The van der Waals surface area contributed by atoms with E-state index in [4.69, 9.17) is 4.42 Å². The van der Waals surface area contributed by atoms with Gasteiger partial charge in [0.25, 0.3) is 0 Å². The first kappa shape index (κ1) is 12.9. The van der Waals surface area contributed by atoms with Crippen molar-refractivity contribution in [3.63, 3.8) is 0 Å². The van der Waals surface area contributed by atoms with Crippen LogP contribution in [0.3, 0.4) is 0 Å². The number of hydrogen-bond donors (Lipinski definition) is 0. The topological polar surface area (TPSA) is 13.1 Å². The van der Waals surface area contributed by atoms with Crippen molar-refractivity contribution in [1.82, 2.24) is 0 Å². The van der Waals surface area contributed by atoms with Crippen LogP contribution in [0.2, 0.25) is 0 Å². The van der Waals surface area contributed by atoms with Crippen molar-refractivity contribution in [2.75, 3.05) is 0 Å². The van der Waals surface area contributed by atoms with Crippen LogP contribution in [0.5, 0.6) is 0 Å². The van der Waals surface area contributed by atoms with E-state index in [-0.39, 0.29) is 5.41 Å². The van der Waals surface area contributed by atoms with Crippen LogP contribution in [0.1, 0.15) is 50.1 Å². The molecule has 0 aliphatic rings. The van der Waals surface area contributed by atoms with Crippen LogP contribution in [-0.2, 0) is 5.41 Å². The summed E-state index contributed by atoms with van der Waals surface area (Å²) in [4.78, 5) is 0. The van der Waals surface area contributed by atoms with E-state index >= 15 is 0 Å². The summed E-state index contributed by atoms with van der Waals surface area (Å²) in [5.74, 6) is 0.979. The normalized spacial score (nSPS) is 12.8. The first-order valence-electron chi connectivity index (χ1n) is 6.52. The van der Waals surface area contributed by atoms with Crippen LogP contribution in [0.15, 0.2) is 22.6 Å². The maximum atomic E-state index is 6.02. The molecule has 2 aromatic rings. The fourth-order valence-corrected chi connectivity index (χ4v) is 2.44. The first-order valence-corrected chi connectivity index (χ1v) is 6.52. The summed E-state index contributed by atoms with van der Waals surface area (Å²) in [6.07, 6.45) is 4.07. The molecule has 0 saturated carbocycles. The Labute approximate surface area is 110 Å². The molecule has 0 N–H and O–H groups in total. The largest absolute Gasteiger partial charge is 0.456 e. The number of benzene rings is 1. The highest BCUT2D eigenvalue weighted by molar-refractivity contribution is 5.90. The molecule has 0 atom stereocenters. The zero-order chi connectivity index (χ0) is 13.5. The zero-order valence-electron chi connectivity index (χ0n) is 12.2. The number of hydrogen-bond acceptors (Lipinski definition) is 1. The van der Waals surface area contributed by atoms with E-state index in [9.17, 15) is 0 Å². The molecule has 1 aromatic heterocycles. The third-order valence-electron chi connectivity index (χ3n) is 3.44. The Morgan fingerprint density at radius 3 is 2.33 bits per heavy atom. The minimum absolute atomic E-state index is 0.133. The van der Waals surface area contributed by atoms with E-state index in [1.54, 1.807) is 0 Å². The van der Waals surface area contributed by atoms with Gasteiger partial charge in [-0.05, 0) is 43.4 Å². The lowest BCUT2D eigenvalue weighted by atomic mass is 9.83. The molecule has 0 unspecified atom stereocenters. The third kappa shape index (κ3) is 1.98. The molecule has 0 aliphatic carbocycles. The number of fused-ring (bicyclic) bond motifs is 1. The molecule has 96 valence electrons. The monoisotopic (exact) mass is 242 g/mol. The highest BCUT2D eigenvalue weighted by atomic mass is 16.3. The SMILES string of the molecule is C/C=C\c1oc2c(C)ccc(C(C)(C)C)c2c1C. The van der Waals surface area contributed by atoms with E-state index in [0.717, 1.165) is 11.3 Å². The first-order chi connectivity index (χ1) is 8.36. The van der Waals surface area contributed by atoms with Crippen molar-refractivity contribution >= 4 is 17.0 Å². The fourth-order valence-electron chi connectivity index (χ4n) is 2.44. The van der Waals surface area contributed by atoms with Crippen molar-refractivity contribution in [1.29, 1.82) is 0 Å². The molecule has 1 heteroatoms. The summed E-state index contributed by atoms with van der Waals surface area (Å²) in [7, 11) is 0. The van der Waals surface area contributed by atoms with Gasteiger partial charge in [0.15, 0.2) is 0 Å². The van der Waals surface area contributed by atoms with E-state index in [2.05, 4.69) is 46.8 Å². The number of allylic oxidation sites excluding steroid dienone is 1. The Morgan fingerprint density at radius 2 is 1.78 bits per heavy atom. The van der Waals surface area contributed by atoms with Crippen molar-refractivity contribution in [2.45, 2.75) is 47.0 Å². The summed E-state index contributed by atoms with van der Waals surface area (Å²) in [5, 5.41) is 1.29. The van der Waals surface area contributed by atoms with Crippen molar-refractivity contribution in [3.8, 4) is 0 Å². The minimum Gasteiger partial charge on any atom is -0.456 e. The molecule has 2 rings (SSSR count). The molecule has 0 amide bonds. The Kier molecular flexibility index (Phi) is 3.10. The fraction of sp³-hybridized carbons (Fsp3) is 0.412. The molecular formula is C17H22O. The van der Waals surface area contributed by atoms with Crippen LogP contribution in [0.4, 0.5) is 0 Å². The molecule has 18 heavy (non-hydrogen) atoms. The molecule has 0 fully saturated rings. The molecule has 0 saturated heterocycles. The number of furan rings is 1. The lowest BCUT2D eigenvalue weighted by molar-refractivity contribution is 0.588. The zero-order valence-corrected chi connectivity index (χ0v) is 12.2. The second kappa shape index (κ2) is 4.31. The molecular weight excluding hydrogens is 220 g/mol. The summed E-state index contributed by atoms with van der Waals surface area (Å²) in [6, 6.07) is 4.39. The van der Waals surface area contributed by atoms with Crippen LogP contribution >= 0.6 is 0 Å². The highest BCUT2D eigenvalue weighted by Crippen LogP contribution is 2.37. The molecule has 0 bridgehead atoms. The van der Waals surface area contributed by atoms with Crippen LogP contribution < -0.4 is 0 Å². The lowest BCUT2D eigenvalue weighted by Crippen LogP contribution is -2.11. The second-order valence-electron chi connectivity index (χ2n) is 5.98. The minimum atomic E-state index is 0.133. The molecule has 0 radical (unpaired) electrons. The van der Waals surface area contributed by atoms with Gasteiger partial charge >= 0.3 is 0 Å². The average molecular weight is 242 g/mol. The van der Waals surface area contributed by atoms with E-state index in [0.29, 0.717) is 0 Å². The number of aryl methyl sites for hydroxylation is 2. The van der Waals surface area contributed by atoms with Crippen LogP contribution in [0.25, 0.3) is 17.0 Å². The second-order valence-corrected chi connectivity index (χ2v) is 5.98. The number of rotatable bonds is 1. The predicted molar refractivity (Wildman–Crippen MR) is 79.1 cm³/mol. The van der Waals surface area contributed by atoms with Gasteiger partial charge in [0.05, 0.1) is 0 Å². The van der Waals surface area contributed by atoms with Crippen LogP contribution in [-0.4, -0.2) is 0 Å². The van der Waals surface area contributed by atoms with E-state index < -0.39 is 0 Å². The van der Waals surface area contributed by atoms with Crippen molar-refractivity contribution in [2.24, 2.45) is 0 Å². The molecule has 0 spiro atoms. The van der Waals surface area contributed by atoms with Gasteiger partial charge in [0, 0.05) is 10.9 Å². The standard InChI is InChI=1S/C17H22O/c1-7-8-14-12(3)15-13(17(4,5)6)10-9-11(2)16(15)18-14/h7-10H,1-6H3/b8-7-. The predicted octanol–water partition coefficient (Wildman–Crippen LogP) is 5.38. The van der Waals surface area contributed by atoms with Gasteiger partial charge in [-0.15, -0.1) is 0 Å². The summed E-state index contributed by atoms with van der Waals surface area (Å²) < 4.78 is 6.02.